The third-order valence-corrected chi connectivity index (χ3v) is 15.6. The number of rotatable bonds is 13. The number of nitrogens with one attached hydrogen (secondary N) is 3. The van der Waals surface area contributed by atoms with E-state index in [1.807, 2.05) is 36.4 Å². The lowest BCUT2D eigenvalue weighted by molar-refractivity contribution is -0.136. The number of aryl methyl sites for hydroxylation is 1. The number of benzene rings is 3. The summed E-state index contributed by atoms with van der Waals surface area (Å²) < 4.78 is 18.9. The first-order chi connectivity index (χ1) is 30.8. The summed E-state index contributed by atoms with van der Waals surface area (Å²) in [7, 11) is -0.880. The van der Waals surface area contributed by atoms with Crippen LogP contribution in [0, 0.1) is 0 Å². The smallest absolute Gasteiger partial charge is 0.255 e. The van der Waals surface area contributed by atoms with E-state index >= 15 is 0 Å². The quantitative estimate of drug-likeness (QED) is 0.0934. The van der Waals surface area contributed by atoms with Gasteiger partial charge in [-0.25, -0.2) is 4.98 Å². The van der Waals surface area contributed by atoms with Gasteiger partial charge in [0.1, 0.15) is 24.0 Å². The molecule has 3 saturated heterocycles. The Balaban J connectivity index is 0.804. The molecule has 9 rings (SSSR count). The predicted octanol–water partition coefficient (Wildman–Crippen LogP) is 7.03. The van der Waals surface area contributed by atoms with Crippen molar-refractivity contribution in [2.45, 2.75) is 76.0 Å². The molecule has 4 aromatic rings. The number of para-hydroxylation sites is 1. The minimum atomic E-state index is -2.56. The van der Waals surface area contributed by atoms with Crippen molar-refractivity contribution in [3.63, 3.8) is 0 Å². The summed E-state index contributed by atoms with van der Waals surface area (Å²) in [5, 5.41) is 10.1. The normalized spacial score (nSPS) is 20.7. The number of imide groups is 1. The average Bonchev–Trinajstić information content (AvgIpc) is 4.02. The van der Waals surface area contributed by atoms with Gasteiger partial charge in [-0.05, 0) is 92.8 Å². The lowest BCUT2D eigenvalue weighted by Crippen LogP contribution is -2.55. The number of nitrogens with zero attached hydrogens (tertiary/aromatic N) is 6. The van der Waals surface area contributed by atoms with Crippen LogP contribution in [0.5, 0.6) is 5.75 Å². The number of piperazine rings is 1. The molecule has 64 heavy (non-hydrogen) atoms. The van der Waals surface area contributed by atoms with Crippen LogP contribution in [0.1, 0.15) is 72.5 Å². The molecule has 5 heterocycles. The van der Waals surface area contributed by atoms with Crippen LogP contribution in [0.25, 0.3) is 6.08 Å². The summed E-state index contributed by atoms with van der Waals surface area (Å²) in [6.07, 6.45) is 12.0. The van der Waals surface area contributed by atoms with Crippen LogP contribution in [0.3, 0.4) is 0 Å². The highest BCUT2D eigenvalue weighted by Crippen LogP contribution is 2.45. The van der Waals surface area contributed by atoms with E-state index in [1.54, 1.807) is 31.5 Å². The molecule has 14 nitrogen and oxygen atoms in total. The van der Waals surface area contributed by atoms with E-state index in [-0.39, 0.29) is 29.7 Å². The molecular weight excluding hydrogens is 849 g/mol. The Morgan fingerprint density at radius 2 is 1.72 bits per heavy atom. The fraction of sp³-hybridized carbons (Fsp3) is 0.438. The van der Waals surface area contributed by atoms with Gasteiger partial charge in [0.25, 0.3) is 5.91 Å². The standard InChI is InChI=1S/C48H57ClN9O5P/c1-5-31-27-38(52-47-50-29-36(49)44(54-47)51-37-11-6-7-12-42(37)64(3,4)62)41(63-2)28-40(31)56-21-16-33(17-22-56)55-23-25-57(26-24-55)48(19-20-48)18-15-32-9-8-10-34-35(32)30-58(46(34)61)39-13-14-43(59)53-45(39)60/h6-12,15,18,27-29,33,39H,5,13-14,16-17,19-26,30H2,1-4H3,(H,53,59,60)(H2,50,51,52,54)/b18-15-. The van der Waals surface area contributed by atoms with Crippen LogP contribution in [0.4, 0.5) is 28.8 Å². The lowest BCUT2D eigenvalue weighted by atomic mass is 9.99. The second-order valence-corrected chi connectivity index (χ2v) is 21.6. The van der Waals surface area contributed by atoms with E-state index in [0.717, 1.165) is 93.5 Å². The number of hydrogen-bond acceptors (Lipinski definition) is 12. The maximum absolute atomic E-state index is 13.4. The highest BCUT2D eigenvalue weighted by molar-refractivity contribution is 7.70. The van der Waals surface area contributed by atoms with Crippen molar-refractivity contribution in [3.05, 3.63) is 94.1 Å². The summed E-state index contributed by atoms with van der Waals surface area (Å²) >= 11 is 6.55. The number of carbonyl (C=O) groups is 3. The minimum absolute atomic E-state index is 0.0442. The second-order valence-electron chi connectivity index (χ2n) is 18.0. The van der Waals surface area contributed by atoms with Gasteiger partial charge in [0, 0.05) is 86.4 Å². The summed E-state index contributed by atoms with van der Waals surface area (Å²) in [5.74, 6) is 0.661. The van der Waals surface area contributed by atoms with Crippen molar-refractivity contribution in [1.29, 1.82) is 0 Å². The van der Waals surface area contributed by atoms with E-state index in [9.17, 15) is 18.9 Å². The van der Waals surface area contributed by atoms with E-state index in [4.69, 9.17) is 21.3 Å². The van der Waals surface area contributed by atoms with E-state index in [1.165, 1.54) is 11.3 Å². The van der Waals surface area contributed by atoms with Crippen LogP contribution in [0.2, 0.25) is 5.02 Å². The van der Waals surface area contributed by atoms with Gasteiger partial charge in [0.05, 0.1) is 24.7 Å². The monoisotopic (exact) mass is 905 g/mol. The number of aromatic nitrogens is 2. The molecule has 16 heteroatoms. The van der Waals surface area contributed by atoms with Gasteiger partial charge in [-0.15, -0.1) is 0 Å². The number of fused-ring (bicyclic) bond motifs is 1. The fourth-order valence-electron chi connectivity index (χ4n) is 10.0. The Labute approximate surface area is 380 Å². The molecule has 336 valence electrons. The molecule has 0 radical (unpaired) electrons. The first-order valence-corrected chi connectivity index (χ1v) is 25.4. The third-order valence-electron chi connectivity index (χ3n) is 13.7. The number of ether oxygens (including phenoxy) is 1. The largest absolute Gasteiger partial charge is 0.494 e. The molecule has 3 amide bonds. The summed E-state index contributed by atoms with van der Waals surface area (Å²) in [6, 6.07) is 17.5. The topological polar surface area (TPSA) is 152 Å². The zero-order valence-corrected chi connectivity index (χ0v) is 38.7. The van der Waals surface area contributed by atoms with Crippen molar-refractivity contribution in [2.24, 2.45) is 0 Å². The number of anilines is 5. The molecule has 1 aliphatic carbocycles. The van der Waals surface area contributed by atoms with Crippen LogP contribution < -0.4 is 30.9 Å². The lowest BCUT2D eigenvalue weighted by Gasteiger charge is -2.45. The summed E-state index contributed by atoms with van der Waals surface area (Å²) in [5.41, 5.74) is 6.52. The van der Waals surface area contributed by atoms with Crippen molar-refractivity contribution < 1.29 is 23.7 Å². The molecule has 1 aromatic heterocycles. The number of amides is 3. The van der Waals surface area contributed by atoms with Crippen LogP contribution in [-0.4, -0.2) is 120 Å². The number of piperidine rings is 2. The Bertz CT molecular complexity index is 2540. The zero-order chi connectivity index (χ0) is 44.8. The van der Waals surface area contributed by atoms with Crippen LogP contribution >= 0.6 is 18.7 Å². The maximum atomic E-state index is 13.4. The maximum Gasteiger partial charge on any atom is 0.255 e. The predicted molar refractivity (Wildman–Crippen MR) is 253 cm³/mol. The zero-order valence-electron chi connectivity index (χ0n) is 37.0. The van der Waals surface area contributed by atoms with E-state index in [0.29, 0.717) is 52.8 Å². The van der Waals surface area contributed by atoms with E-state index in [2.05, 4.69) is 72.9 Å². The average molecular weight is 906 g/mol. The number of hydrogen-bond donors (Lipinski definition) is 3. The highest BCUT2D eigenvalue weighted by atomic mass is 35.5. The molecular formula is C48H57ClN9O5P. The van der Waals surface area contributed by atoms with Crippen molar-refractivity contribution in [2.75, 3.05) is 75.2 Å². The molecule has 0 bridgehead atoms. The Morgan fingerprint density at radius 1 is 0.953 bits per heavy atom. The molecule has 1 saturated carbocycles. The fourth-order valence-corrected chi connectivity index (χ4v) is 11.3. The molecule has 3 N–H and O–H groups in total. The van der Waals surface area contributed by atoms with Crippen LogP contribution in [-0.2, 0) is 27.1 Å². The number of carbonyl (C=O) groups excluding carboxylic acids is 3. The molecule has 3 aromatic carbocycles. The number of halogens is 1. The van der Waals surface area contributed by atoms with Crippen LogP contribution in [0.15, 0.2) is 66.9 Å². The molecule has 1 atom stereocenters. The third kappa shape index (κ3) is 8.90. The van der Waals surface area contributed by atoms with Gasteiger partial charge in [0.2, 0.25) is 17.8 Å². The number of methoxy groups -OCH3 is 1. The summed E-state index contributed by atoms with van der Waals surface area (Å²) in [4.78, 5) is 56.4. The SMILES string of the molecule is CCc1cc(Nc2ncc(Cl)c(Nc3ccccc3P(C)(C)=O)n2)c(OC)cc1N1CCC(N2CCN(C3(/C=C\c4cccc5c4CN(C4CCC(=O)NC4=O)C5=O)CC3)CC2)CC1. The minimum Gasteiger partial charge on any atom is -0.494 e. The van der Waals surface area contributed by atoms with Gasteiger partial charge < -0.3 is 29.7 Å². The van der Waals surface area contributed by atoms with Gasteiger partial charge >= 0.3 is 0 Å². The highest BCUT2D eigenvalue weighted by Gasteiger charge is 2.47. The van der Waals surface area contributed by atoms with Crippen molar-refractivity contribution in [1.82, 2.24) is 30.0 Å². The molecule has 4 aliphatic heterocycles. The first kappa shape index (κ1) is 44.0. The molecule has 5 aliphatic rings. The summed E-state index contributed by atoms with van der Waals surface area (Å²) in [6.45, 7) is 12.1. The van der Waals surface area contributed by atoms with Gasteiger partial charge in [0.15, 0.2) is 5.82 Å². The van der Waals surface area contributed by atoms with Crippen molar-refractivity contribution in [3.8, 4) is 5.75 Å². The Hall–Kier alpha value is -5.27. The molecule has 1 unspecified atom stereocenters. The van der Waals surface area contributed by atoms with Gasteiger partial charge in [-0.2, -0.15) is 4.98 Å². The second kappa shape index (κ2) is 18.0. The first-order valence-electron chi connectivity index (χ1n) is 22.5. The Morgan fingerprint density at radius 3 is 2.42 bits per heavy atom. The molecule has 0 spiro atoms. The van der Waals surface area contributed by atoms with Gasteiger partial charge in [-0.3, -0.25) is 29.5 Å². The molecule has 4 fully saturated rings. The van der Waals surface area contributed by atoms with Crippen molar-refractivity contribution >= 4 is 76.7 Å². The Kier molecular flexibility index (Phi) is 12.3. The van der Waals surface area contributed by atoms with Gasteiger partial charge in [-0.1, -0.05) is 54.9 Å². The van der Waals surface area contributed by atoms with E-state index < -0.39 is 13.2 Å².